The van der Waals surface area contributed by atoms with Crippen LogP contribution in [0.15, 0.2) is 0 Å². The van der Waals surface area contributed by atoms with Gasteiger partial charge in [0.25, 0.3) is 0 Å². The van der Waals surface area contributed by atoms with Crippen molar-refractivity contribution in [1.29, 1.82) is 0 Å². The molecule has 6 nitrogen and oxygen atoms in total. The van der Waals surface area contributed by atoms with Gasteiger partial charge in [-0.25, -0.2) is 8.42 Å². The SMILES string of the molecule is COCCN(CCC(=O)OC)S(=O)(=O)C1CCCCC1. The molecule has 0 amide bonds. The lowest BCUT2D eigenvalue weighted by Crippen LogP contribution is -2.42. The third-order valence-corrected chi connectivity index (χ3v) is 6.07. The van der Waals surface area contributed by atoms with Crippen LogP contribution in [0.25, 0.3) is 0 Å². The van der Waals surface area contributed by atoms with Crippen molar-refractivity contribution in [3.05, 3.63) is 0 Å². The molecule has 0 N–H and O–H groups in total. The number of rotatable bonds is 8. The molecule has 0 atom stereocenters. The Hall–Kier alpha value is -0.660. The van der Waals surface area contributed by atoms with Gasteiger partial charge in [-0.3, -0.25) is 4.79 Å². The normalized spacial score (nSPS) is 17.4. The lowest BCUT2D eigenvalue weighted by Gasteiger charge is -2.29. The minimum absolute atomic E-state index is 0.0756. The van der Waals surface area contributed by atoms with Crippen molar-refractivity contribution in [2.24, 2.45) is 0 Å². The molecule has 118 valence electrons. The van der Waals surface area contributed by atoms with Gasteiger partial charge in [-0.15, -0.1) is 0 Å². The summed E-state index contributed by atoms with van der Waals surface area (Å²) in [7, 11) is -0.518. The molecule has 1 aliphatic carbocycles. The van der Waals surface area contributed by atoms with Gasteiger partial charge in [0.1, 0.15) is 0 Å². The van der Waals surface area contributed by atoms with Crippen molar-refractivity contribution in [1.82, 2.24) is 4.31 Å². The quantitative estimate of drug-likeness (QED) is 0.629. The van der Waals surface area contributed by atoms with E-state index in [0.717, 1.165) is 19.3 Å². The van der Waals surface area contributed by atoms with Crippen molar-refractivity contribution >= 4 is 16.0 Å². The molecule has 0 heterocycles. The van der Waals surface area contributed by atoms with Crippen molar-refractivity contribution < 1.29 is 22.7 Å². The molecule has 0 aromatic rings. The molecule has 7 heteroatoms. The fourth-order valence-electron chi connectivity index (χ4n) is 2.45. The van der Waals surface area contributed by atoms with E-state index < -0.39 is 16.0 Å². The van der Waals surface area contributed by atoms with Crippen molar-refractivity contribution in [3.63, 3.8) is 0 Å². The maximum Gasteiger partial charge on any atom is 0.306 e. The Balaban J connectivity index is 2.70. The van der Waals surface area contributed by atoms with Crippen LogP contribution in [0.1, 0.15) is 38.5 Å². The second kappa shape index (κ2) is 8.59. The second-order valence-corrected chi connectivity index (χ2v) is 7.24. The van der Waals surface area contributed by atoms with E-state index in [0.29, 0.717) is 19.4 Å². The van der Waals surface area contributed by atoms with E-state index in [1.807, 2.05) is 0 Å². The molecule has 0 aromatic carbocycles. The number of hydrogen-bond donors (Lipinski definition) is 0. The Labute approximate surface area is 121 Å². The van der Waals surface area contributed by atoms with Gasteiger partial charge in [-0.2, -0.15) is 4.31 Å². The third-order valence-electron chi connectivity index (χ3n) is 3.67. The molecule has 0 spiro atoms. The molecular formula is C13H25NO5S. The summed E-state index contributed by atoms with van der Waals surface area (Å²) in [5.74, 6) is -0.397. The Morgan fingerprint density at radius 3 is 2.35 bits per heavy atom. The lowest BCUT2D eigenvalue weighted by atomic mass is 10.0. The van der Waals surface area contributed by atoms with Gasteiger partial charge in [0, 0.05) is 20.2 Å². The first-order valence-electron chi connectivity index (χ1n) is 7.07. The van der Waals surface area contributed by atoms with Crippen molar-refractivity contribution in [2.45, 2.75) is 43.8 Å². The summed E-state index contributed by atoms with van der Waals surface area (Å²) in [6, 6.07) is 0. The summed E-state index contributed by atoms with van der Waals surface area (Å²) in [4.78, 5) is 11.2. The fraction of sp³-hybridized carbons (Fsp3) is 0.923. The first kappa shape index (κ1) is 17.4. The lowest BCUT2D eigenvalue weighted by molar-refractivity contribution is -0.140. The Kier molecular flexibility index (Phi) is 7.47. The number of ether oxygens (including phenoxy) is 2. The molecule has 0 saturated heterocycles. The molecule has 1 rings (SSSR count). The van der Waals surface area contributed by atoms with Crippen LogP contribution in [0.4, 0.5) is 0 Å². The molecule has 0 unspecified atom stereocenters. The predicted octanol–water partition coefficient (Wildman–Crippen LogP) is 1.16. The maximum absolute atomic E-state index is 12.6. The number of carbonyl (C=O) groups excluding carboxylic acids is 1. The van der Waals surface area contributed by atoms with Gasteiger partial charge in [-0.1, -0.05) is 19.3 Å². The topological polar surface area (TPSA) is 72.9 Å². The highest BCUT2D eigenvalue weighted by Gasteiger charge is 2.32. The Bertz CT molecular complexity index is 390. The van der Waals surface area contributed by atoms with Crippen LogP contribution >= 0.6 is 0 Å². The molecular weight excluding hydrogens is 282 g/mol. The fourth-order valence-corrected chi connectivity index (χ4v) is 4.48. The van der Waals surface area contributed by atoms with E-state index in [2.05, 4.69) is 4.74 Å². The van der Waals surface area contributed by atoms with Crippen LogP contribution in [0.5, 0.6) is 0 Å². The van der Waals surface area contributed by atoms with Crippen LogP contribution in [0.3, 0.4) is 0 Å². The predicted molar refractivity (Wildman–Crippen MR) is 75.9 cm³/mol. The first-order chi connectivity index (χ1) is 9.52. The number of hydrogen-bond acceptors (Lipinski definition) is 5. The molecule has 1 aliphatic rings. The Morgan fingerprint density at radius 2 is 1.80 bits per heavy atom. The van der Waals surface area contributed by atoms with Crippen LogP contribution < -0.4 is 0 Å². The minimum atomic E-state index is -3.35. The zero-order valence-electron chi connectivity index (χ0n) is 12.3. The number of carbonyl (C=O) groups is 1. The van der Waals surface area contributed by atoms with Crippen LogP contribution in [-0.4, -0.2) is 57.9 Å². The molecule has 0 aromatic heterocycles. The second-order valence-electron chi connectivity index (χ2n) is 5.02. The average molecular weight is 307 g/mol. The highest BCUT2D eigenvalue weighted by atomic mass is 32.2. The van der Waals surface area contributed by atoms with E-state index in [1.54, 1.807) is 0 Å². The first-order valence-corrected chi connectivity index (χ1v) is 8.57. The van der Waals surface area contributed by atoms with E-state index in [9.17, 15) is 13.2 Å². The molecule has 1 fully saturated rings. The molecule has 0 aliphatic heterocycles. The molecule has 1 saturated carbocycles. The van der Waals surface area contributed by atoms with Crippen molar-refractivity contribution in [3.8, 4) is 0 Å². The van der Waals surface area contributed by atoms with Gasteiger partial charge in [0.05, 0.1) is 25.4 Å². The molecule has 0 bridgehead atoms. The zero-order valence-corrected chi connectivity index (χ0v) is 13.2. The van der Waals surface area contributed by atoms with Gasteiger partial charge in [0.15, 0.2) is 0 Å². The monoisotopic (exact) mass is 307 g/mol. The van der Waals surface area contributed by atoms with Gasteiger partial charge < -0.3 is 9.47 Å². The van der Waals surface area contributed by atoms with Crippen LogP contribution in [-0.2, 0) is 24.3 Å². The summed E-state index contributed by atoms with van der Waals surface area (Å²) in [6.07, 6.45) is 4.52. The van der Waals surface area contributed by atoms with Gasteiger partial charge >= 0.3 is 5.97 Å². The highest BCUT2D eigenvalue weighted by molar-refractivity contribution is 7.89. The van der Waals surface area contributed by atoms with Gasteiger partial charge in [-0.05, 0) is 12.8 Å². The molecule has 20 heavy (non-hydrogen) atoms. The maximum atomic E-state index is 12.6. The summed E-state index contributed by atoms with van der Waals surface area (Å²) in [5.41, 5.74) is 0. The smallest absolute Gasteiger partial charge is 0.306 e. The average Bonchev–Trinajstić information content (AvgIpc) is 2.47. The zero-order chi connectivity index (χ0) is 15.0. The summed E-state index contributed by atoms with van der Waals surface area (Å²) < 4.78 is 36.1. The third kappa shape index (κ3) is 5.03. The van der Waals surface area contributed by atoms with E-state index in [1.165, 1.54) is 18.5 Å². The number of nitrogens with zero attached hydrogens (tertiary/aromatic N) is 1. The standard InChI is InChI=1S/C13H25NO5S/c1-18-11-10-14(9-8-13(15)19-2)20(16,17)12-6-4-3-5-7-12/h12H,3-11H2,1-2H3. The summed E-state index contributed by atoms with van der Waals surface area (Å²) in [6.45, 7) is 0.772. The number of sulfonamides is 1. The van der Waals surface area contributed by atoms with E-state index >= 15 is 0 Å². The minimum Gasteiger partial charge on any atom is -0.469 e. The van der Waals surface area contributed by atoms with E-state index in [-0.39, 0.29) is 24.8 Å². The Morgan fingerprint density at radius 1 is 1.15 bits per heavy atom. The van der Waals surface area contributed by atoms with Gasteiger partial charge in [0.2, 0.25) is 10.0 Å². The molecule has 0 radical (unpaired) electrons. The highest BCUT2D eigenvalue weighted by Crippen LogP contribution is 2.26. The number of esters is 1. The largest absolute Gasteiger partial charge is 0.469 e. The van der Waals surface area contributed by atoms with Crippen LogP contribution in [0.2, 0.25) is 0 Å². The summed E-state index contributed by atoms with van der Waals surface area (Å²) >= 11 is 0. The van der Waals surface area contributed by atoms with Crippen molar-refractivity contribution in [2.75, 3.05) is 33.9 Å². The summed E-state index contributed by atoms with van der Waals surface area (Å²) in [5, 5.41) is -0.314. The number of methoxy groups -OCH3 is 2. The van der Waals surface area contributed by atoms with Crippen LogP contribution in [0, 0.1) is 0 Å². The van der Waals surface area contributed by atoms with E-state index in [4.69, 9.17) is 4.74 Å².